The Labute approximate surface area is 113 Å². The van der Waals surface area contributed by atoms with Gasteiger partial charge >= 0.3 is 0 Å². The standard InChI is InChI=1S/C15H20N2O2/c1-2-8-17(9-10-18)15(19)14-5-3-4-12-11-16-7-6-13(12)14/h2-5,16,18H,1,6-11H2. The number of carbonyl (C=O) groups is 1. The second-order valence-corrected chi connectivity index (χ2v) is 4.63. The van der Waals surface area contributed by atoms with Crippen molar-refractivity contribution in [2.45, 2.75) is 13.0 Å². The molecule has 2 rings (SSSR count). The van der Waals surface area contributed by atoms with Crippen LogP contribution in [-0.4, -0.2) is 42.2 Å². The molecule has 0 atom stereocenters. The van der Waals surface area contributed by atoms with Gasteiger partial charge in [0.25, 0.3) is 5.91 Å². The molecule has 0 aliphatic carbocycles. The Morgan fingerprint density at radius 2 is 2.37 bits per heavy atom. The highest BCUT2D eigenvalue weighted by molar-refractivity contribution is 5.96. The molecule has 1 heterocycles. The molecular weight excluding hydrogens is 240 g/mol. The normalized spacial score (nSPS) is 13.7. The summed E-state index contributed by atoms with van der Waals surface area (Å²) in [7, 11) is 0. The third-order valence-corrected chi connectivity index (χ3v) is 3.38. The lowest BCUT2D eigenvalue weighted by Crippen LogP contribution is -2.35. The number of nitrogens with zero attached hydrogens (tertiary/aromatic N) is 1. The highest BCUT2D eigenvalue weighted by Crippen LogP contribution is 2.20. The van der Waals surface area contributed by atoms with E-state index < -0.39 is 0 Å². The average Bonchev–Trinajstić information content (AvgIpc) is 2.46. The van der Waals surface area contributed by atoms with Crippen LogP contribution in [0, 0.1) is 0 Å². The van der Waals surface area contributed by atoms with Crippen LogP contribution in [0.25, 0.3) is 0 Å². The number of hydrogen-bond donors (Lipinski definition) is 2. The van der Waals surface area contributed by atoms with Gasteiger partial charge in [0, 0.05) is 25.2 Å². The van der Waals surface area contributed by atoms with E-state index >= 15 is 0 Å². The van der Waals surface area contributed by atoms with Crippen molar-refractivity contribution in [1.29, 1.82) is 0 Å². The molecule has 0 unspecified atom stereocenters. The third kappa shape index (κ3) is 3.03. The Bertz CT molecular complexity index is 471. The highest BCUT2D eigenvalue weighted by Gasteiger charge is 2.20. The lowest BCUT2D eigenvalue weighted by Gasteiger charge is -2.24. The van der Waals surface area contributed by atoms with Crippen LogP contribution < -0.4 is 5.32 Å². The maximum Gasteiger partial charge on any atom is 0.254 e. The van der Waals surface area contributed by atoms with E-state index in [0.29, 0.717) is 13.1 Å². The smallest absolute Gasteiger partial charge is 0.254 e. The molecular formula is C15H20N2O2. The van der Waals surface area contributed by atoms with Crippen LogP contribution in [0.4, 0.5) is 0 Å². The van der Waals surface area contributed by atoms with E-state index in [-0.39, 0.29) is 12.5 Å². The minimum atomic E-state index is -0.0316. The number of rotatable bonds is 5. The van der Waals surface area contributed by atoms with Crippen LogP contribution in [0.5, 0.6) is 0 Å². The van der Waals surface area contributed by atoms with Crippen molar-refractivity contribution in [3.63, 3.8) is 0 Å². The quantitative estimate of drug-likeness (QED) is 0.775. The van der Waals surface area contributed by atoms with Crippen molar-refractivity contribution in [3.8, 4) is 0 Å². The van der Waals surface area contributed by atoms with Gasteiger partial charge in [-0.15, -0.1) is 6.58 Å². The summed E-state index contributed by atoms with van der Waals surface area (Å²) in [5, 5.41) is 12.4. The molecule has 1 amide bonds. The molecule has 4 nitrogen and oxygen atoms in total. The molecule has 102 valence electrons. The monoisotopic (exact) mass is 260 g/mol. The first-order chi connectivity index (χ1) is 9.27. The zero-order valence-electron chi connectivity index (χ0n) is 11.1. The molecule has 0 bridgehead atoms. The summed E-state index contributed by atoms with van der Waals surface area (Å²) in [5.74, 6) is -0.0206. The number of aliphatic hydroxyl groups is 1. The molecule has 0 spiro atoms. The minimum absolute atomic E-state index is 0.0206. The second-order valence-electron chi connectivity index (χ2n) is 4.63. The minimum Gasteiger partial charge on any atom is -0.395 e. The SMILES string of the molecule is C=CCN(CCO)C(=O)c1cccc2c1CCNC2. The number of benzene rings is 1. The van der Waals surface area contributed by atoms with Gasteiger partial charge in [0.15, 0.2) is 0 Å². The summed E-state index contributed by atoms with van der Waals surface area (Å²) in [6, 6.07) is 5.85. The van der Waals surface area contributed by atoms with Gasteiger partial charge in [-0.2, -0.15) is 0 Å². The zero-order valence-corrected chi connectivity index (χ0v) is 11.1. The van der Waals surface area contributed by atoms with Gasteiger partial charge < -0.3 is 15.3 Å². The first-order valence-corrected chi connectivity index (χ1v) is 6.60. The molecule has 0 saturated heterocycles. The summed E-state index contributed by atoms with van der Waals surface area (Å²) >= 11 is 0. The lowest BCUT2D eigenvalue weighted by atomic mass is 9.95. The van der Waals surface area contributed by atoms with E-state index in [1.54, 1.807) is 11.0 Å². The van der Waals surface area contributed by atoms with Crippen molar-refractivity contribution >= 4 is 5.91 Å². The number of carbonyl (C=O) groups excluding carboxylic acids is 1. The summed E-state index contributed by atoms with van der Waals surface area (Å²) in [5.41, 5.74) is 3.09. The van der Waals surface area contributed by atoms with E-state index in [9.17, 15) is 4.79 Å². The number of aliphatic hydroxyl groups excluding tert-OH is 1. The fraction of sp³-hybridized carbons (Fsp3) is 0.400. The van der Waals surface area contributed by atoms with Crippen LogP contribution in [0.2, 0.25) is 0 Å². The average molecular weight is 260 g/mol. The maximum atomic E-state index is 12.5. The van der Waals surface area contributed by atoms with Crippen molar-refractivity contribution in [1.82, 2.24) is 10.2 Å². The Morgan fingerprint density at radius 3 is 3.11 bits per heavy atom. The van der Waals surface area contributed by atoms with Gasteiger partial charge in [0.05, 0.1) is 6.61 Å². The van der Waals surface area contributed by atoms with Crippen LogP contribution >= 0.6 is 0 Å². The molecule has 1 aromatic carbocycles. The highest BCUT2D eigenvalue weighted by atomic mass is 16.3. The predicted molar refractivity (Wildman–Crippen MR) is 75.0 cm³/mol. The Kier molecular flexibility index (Phi) is 4.71. The first-order valence-electron chi connectivity index (χ1n) is 6.60. The van der Waals surface area contributed by atoms with Gasteiger partial charge in [0.1, 0.15) is 0 Å². The molecule has 1 aliphatic rings. The molecule has 0 saturated carbocycles. The molecule has 0 aromatic heterocycles. The molecule has 0 radical (unpaired) electrons. The van der Waals surface area contributed by atoms with Crippen LogP contribution in [-0.2, 0) is 13.0 Å². The molecule has 4 heteroatoms. The maximum absolute atomic E-state index is 12.5. The van der Waals surface area contributed by atoms with Crippen LogP contribution in [0.1, 0.15) is 21.5 Å². The van der Waals surface area contributed by atoms with E-state index in [1.165, 1.54) is 5.56 Å². The Balaban J connectivity index is 2.29. The van der Waals surface area contributed by atoms with E-state index in [0.717, 1.165) is 30.6 Å². The van der Waals surface area contributed by atoms with Crippen molar-refractivity contribution in [2.75, 3.05) is 26.2 Å². The van der Waals surface area contributed by atoms with Crippen LogP contribution in [0.3, 0.4) is 0 Å². The molecule has 19 heavy (non-hydrogen) atoms. The van der Waals surface area contributed by atoms with Gasteiger partial charge in [-0.05, 0) is 30.2 Å². The fourth-order valence-corrected chi connectivity index (χ4v) is 2.45. The van der Waals surface area contributed by atoms with Crippen molar-refractivity contribution < 1.29 is 9.90 Å². The van der Waals surface area contributed by atoms with Gasteiger partial charge in [-0.1, -0.05) is 18.2 Å². The summed E-state index contributed by atoms with van der Waals surface area (Å²) < 4.78 is 0. The largest absolute Gasteiger partial charge is 0.395 e. The molecule has 1 aromatic rings. The fourth-order valence-electron chi connectivity index (χ4n) is 2.45. The third-order valence-electron chi connectivity index (χ3n) is 3.38. The van der Waals surface area contributed by atoms with E-state index in [4.69, 9.17) is 5.11 Å². The summed E-state index contributed by atoms with van der Waals surface area (Å²) in [4.78, 5) is 14.2. The topological polar surface area (TPSA) is 52.6 Å². The Hall–Kier alpha value is -1.65. The molecule has 1 aliphatic heterocycles. The number of fused-ring (bicyclic) bond motifs is 1. The summed E-state index contributed by atoms with van der Waals surface area (Å²) in [6.07, 6.45) is 2.56. The predicted octanol–water partition coefficient (Wildman–Crippen LogP) is 0.953. The molecule has 0 fully saturated rings. The van der Waals surface area contributed by atoms with Gasteiger partial charge in [-0.25, -0.2) is 0 Å². The Morgan fingerprint density at radius 1 is 1.53 bits per heavy atom. The number of nitrogens with one attached hydrogen (secondary N) is 1. The van der Waals surface area contributed by atoms with Crippen molar-refractivity contribution in [3.05, 3.63) is 47.5 Å². The van der Waals surface area contributed by atoms with E-state index in [1.807, 2.05) is 12.1 Å². The number of amides is 1. The van der Waals surface area contributed by atoms with E-state index in [2.05, 4.69) is 18.0 Å². The lowest BCUT2D eigenvalue weighted by molar-refractivity contribution is 0.0741. The summed E-state index contributed by atoms with van der Waals surface area (Å²) in [6.45, 7) is 6.15. The zero-order chi connectivity index (χ0) is 13.7. The number of hydrogen-bond acceptors (Lipinski definition) is 3. The van der Waals surface area contributed by atoms with Crippen LogP contribution in [0.15, 0.2) is 30.9 Å². The van der Waals surface area contributed by atoms with Gasteiger partial charge in [-0.3, -0.25) is 4.79 Å². The molecule has 2 N–H and O–H groups in total. The van der Waals surface area contributed by atoms with Crippen molar-refractivity contribution in [2.24, 2.45) is 0 Å². The second kappa shape index (κ2) is 6.50. The first kappa shape index (κ1) is 13.8. The van der Waals surface area contributed by atoms with Gasteiger partial charge in [0.2, 0.25) is 0 Å².